The normalized spacial score (nSPS) is 14.1. The van der Waals surface area contributed by atoms with Crippen molar-refractivity contribution in [3.63, 3.8) is 0 Å². The molecule has 0 bridgehead atoms. The molecule has 0 saturated heterocycles. The Morgan fingerprint density at radius 3 is 2.47 bits per heavy atom. The highest BCUT2D eigenvalue weighted by Gasteiger charge is 2.22. The molecular weight excluding hydrogens is 214 g/mol. The van der Waals surface area contributed by atoms with Crippen LogP contribution in [0.5, 0.6) is 0 Å². The van der Waals surface area contributed by atoms with Crippen molar-refractivity contribution in [1.82, 2.24) is 5.32 Å². The topological polar surface area (TPSA) is 55.4 Å². The van der Waals surface area contributed by atoms with Gasteiger partial charge in [-0.1, -0.05) is 20.3 Å². The molecule has 1 amide bonds. The molecule has 5 heteroatoms. The molecule has 4 nitrogen and oxygen atoms in total. The van der Waals surface area contributed by atoms with Gasteiger partial charge in [0.25, 0.3) is 0 Å². The molecule has 0 aliphatic heterocycles. The summed E-state index contributed by atoms with van der Waals surface area (Å²) in [5, 5.41) is 2.61. The molecule has 15 heavy (non-hydrogen) atoms. The van der Waals surface area contributed by atoms with Crippen molar-refractivity contribution in [2.45, 2.75) is 32.7 Å². The molecule has 0 aromatic rings. The van der Waals surface area contributed by atoms with Crippen molar-refractivity contribution in [1.29, 1.82) is 0 Å². The van der Waals surface area contributed by atoms with Crippen LogP contribution in [0.2, 0.25) is 0 Å². The number of hydrogen-bond acceptors (Lipinski definition) is 4. The predicted molar refractivity (Wildman–Crippen MR) is 61.9 cm³/mol. The van der Waals surface area contributed by atoms with Crippen LogP contribution in [0.4, 0.5) is 0 Å². The summed E-state index contributed by atoms with van der Waals surface area (Å²) in [5.74, 6) is -0.414. The molecule has 0 fully saturated rings. The van der Waals surface area contributed by atoms with E-state index in [1.54, 1.807) is 0 Å². The van der Waals surface area contributed by atoms with Crippen molar-refractivity contribution in [2.75, 3.05) is 12.9 Å². The van der Waals surface area contributed by atoms with Gasteiger partial charge >= 0.3 is 5.97 Å². The molecule has 1 N–H and O–H groups in total. The molecular formula is C10H19NO3S. The van der Waals surface area contributed by atoms with Gasteiger partial charge in [0, 0.05) is 11.7 Å². The second kappa shape index (κ2) is 7.56. The molecule has 0 aromatic heterocycles. The number of carbonyl (C=O) groups excluding carboxylic acids is 2. The van der Waals surface area contributed by atoms with Gasteiger partial charge in [-0.2, -0.15) is 12.6 Å². The Morgan fingerprint density at radius 1 is 1.47 bits per heavy atom. The monoisotopic (exact) mass is 233 g/mol. The van der Waals surface area contributed by atoms with Crippen LogP contribution in [0.3, 0.4) is 0 Å². The van der Waals surface area contributed by atoms with Gasteiger partial charge in [0.1, 0.15) is 6.04 Å². The van der Waals surface area contributed by atoms with E-state index in [9.17, 15) is 9.59 Å². The maximum atomic E-state index is 11.6. The zero-order valence-corrected chi connectivity index (χ0v) is 10.3. The first kappa shape index (κ1) is 14.3. The minimum absolute atomic E-state index is 0.0814. The van der Waals surface area contributed by atoms with Gasteiger partial charge in [-0.05, 0) is 6.42 Å². The summed E-state index contributed by atoms with van der Waals surface area (Å²) in [7, 11) is 1.29. The first-order valence-electron chi connectivity index (χ1n) is 5.05. The summed E-state index contributed by atoms with van der Waals surface area (Å²) < 4.78 is 4.54. The number of rotatable bonds is 6. The summed E-state index contributed by atoms with van der Waals surface area (Å²) in [4.78, 5) is 22.7. The molecule has 0 aliphatic rings. The Bertz CT molecular complexity index is 221. The zero-order chi connectivity index (χ0) is 11.8. The number of ether oxygens (including phenoxy) is 1. The second-order valence-corrected chi connectivity index (χ2v) is 3.82. The highest BCUT2D eigenvalue weighted by molar-refractivity contribution is 7.80. The third-order valence-corrected chi connectivity index (χ3v) is 2.52. The number of methoxy groups -OCH3 is 1. The first-order chi connectivity index (χ1) is 7.06. The van der Waals surface area contributed by atoms with Crippen molar-refractivity contribution in [3.8, 4) is 0 Å². The molecule has 0 aromatic carbocycles. The molecule has 0 rings (SSSR count). The van der Waals surface area contributed by atoms with Gasteiger partial charge in [0.2, 0.25) is 5.91 Å². The van der Waals surface area contributed by atoms with E-state index < -0.39 is 12.0 Å². The van der Waals surface area contributed by atoms with Gasteiger partial charge in [-0.25, -0.2) is 4.79 Å². The Kier molecular flexibility index (Phi) is 7.21. The van der Waals surface area contributed by atoms with Crippen LogP contribution in [0.15, 0.2) is 0 Å². The fourth-order valence-electron chi connectivity index (χ4n) is 1.20. The van der Waals surface area contributed by atoms with E-state index in [1.165, 1.54) is 7.11 Å². The lowest BCUT2D eigenvalue weighted by atomic mass is 10.1. The van der Waals surface area contributed by atoms with Crippen LogP contribution in [-0.2, 0) is 14.3 Å². The van der Waals surface area contributed by atoms with Crippen molar-refractivity contribution >= 4 is 24.5 Å². The predicted octanol–water partition coefficient (Wildman–Crippen LogP) is 1.01. The SMILES string of the molecule is CCC[C@H](C)C(=O)N[C@@H](CS)C(=O)OC. The van der Waals surface area contributed by atoms with E-state index in [1.807, 2.05) is 13.8 Å². The lowest BCUT2D eigenvalue weighted by Gasteiger charge is -2.17. The molecule has 2 atom stereocenters. The van der Waals surface area contributed by atoms with Gasteiger partial charge in [0.15, 0.2) is 0 Å². The Balaban J connectivity index is 4.17. The van der Waals surface area contributed by atoms with Gasteiger partial charge in [-0.3, -0.25) is 4.79 Å². The van der Waals surface area contributed by atoms with Crippen molar-refractivity contribution in [2.24, 2.45) is 5.92 Å². The smallest absolute Gasteiger partial charge is 0.329 e. The average molecular weight is 233 g/mol. The fraction of sp³-hybridized carbons (Fsp3) is 0.800. The Hall–Kier alpha value is -0.710. The van der Waals surface area contributed by atoms with Gasteiger partial charge in [0.05, 0.1) is 7.11 Å². The molecule has 0 saturated carbocycles. The summed E-state index contributed by atoms with van der Waals surface area (Å²) in [6.07, 6.45) is 1.75. The van der Waals surface area contributed by atoms with Crippen molar-refractivity contribution in [3.05, 3.63) is 0 Å². The number of nitrogens with one attached hydrogen (secondary N) is 1. The maximum Gasteiger partial charge on any atom is 0.329 e. The highest BCUT2D eigenvalue weighted by atomic mass is 32.1. The van der Waals surface area contributed by atoms with E-state index in [0.717, 1.165) is 12.8 Å². The Morgan fingerprint density at radius 2 is 2.07 bits per heavy atom. The van der Waals surface area contributed by atoms with E-state index in [2.05, 4.69) is 22.7 Å². The third kappa shape index (κ3) is 5.06. The first-order valence-corrected chi connectivity index (χ1v) is 5.69. The Labute approximate surface area is 96.2 Å². The largest absolute Gasteiger partial charge is 0.467 e. The minimum Gasteiger partial charge on any atom is -0.467 e. The van der Waals surface area contributed by atoms with Gasteiger partial charge < -0.3 is 10.1 Å². The lowest BCUT2D eigenvalue weighted by Crippen LogP contribution is -2.44. The van der Waals surface area contributed by atoms with Crippen LogP contribution in [0, 0.1) is 5.92 Å². The van der Waals surface area contributed by atoms with Crippen molar-refractivity contribution < 1.29 is 14.3 Å². The molecule has 88 valence electrons. The quantitative estimate of drug-likeness (QED) is 0.532. The number of carbonyl (C=O) groups is 2. The zero-order valence-electron chi connectivity index (χ0n) is 9.45. The van der Waals surface area contributed by atoms with Crippen LogP contribution in [-0.4, -0.2) is 30.8 Å². The average Bonchev–Trinajstić information content (AvgIpc) is 2.24. The lowest BCUT2D eigenvalue weighted by molar-refractivity contribution is -0.144. The summed E-state index contributed by atoms with van der Waals surface area (Å²) in [6, 6.07) is -0.648. The molecule has 0 aliphatic carbocycles. The third-order valence-electron chi connectivity index (χ3n) is 2.15. The van der Waals surface area contributed by atoms with Crippen LogP contribution >= 0.6 is 12.6 Å². The van der Waals surface area contributed by atoms with E-state index in [0.29, 0.717) is 0 Å². The second-order valence-electron chi connectivity index (χ2n) is 3.46. The minimum atomic E-state index is -0.648. The van der Waals surface area contributed by atoms with E-state index in [4.69, 9.17) is 0 Å². The summed E-state index contributed by atoms with van der Waals surface area (Å²) in [5.41, 5.74) is 0. The van der Waals surface area contributed by atoms with Crippen LogP contribution in [0.1, 0.15) is 26.7 Å². The molecule has 0 heterocycles. The standard InChI is InChI=1S/C10H19NO3S/c1-4-5-7(2)9(12)11-8(6-15)10(13)14-3/h7-8,15H,4-6H2,1-3H3,(H,11,12)/t7-,8-/m0/s1. The van der Waals surface area contributed by atoms with E-state index >= 15 is 0 Å². The molecule has 0 spiro atoms. The summed E-state index contributed by atoms with van der Waals surface area (Å²) in [6.45, 7) is 3.85. The molecule has 0 radical (unpaired) electrons. The molecule has 0 unspecified atom stereocenters. The highest BCUT2D eigenvalue weighted by Crippen LogP contribution is 2.05. The van der Waals surface area contributed by atoms with Crippen LogP contribution in [0.25, 0.3) is 0 Å². The summed E-state index contributed by atoms with van der Waals surface area (Å²) >= 11 is 3.99. The van der Waals surface area contributed by atoms with Crippen LogP contribution < -0.4 is 5.32 Å². The van der Waals surface area contributed by atoms with E-state index in [-0.39, 0.29) is 17.6 Å². The fourth-order valence-corrected chi connectivity index (χ4v) is 1.44. The number of esters is 1. The van der Waals surface area contributed by atoms with Gasteiger partial charge in [-0.15, -0.1) is 0 Å². The number of thiol groups is 1. The number of hydrogen-bond donors (Lipinski definition) is 2. The number of amides is 1. The maximum absolute atomic E-state index is 11.6.